The van der Waals surface area contributed by atoms with E-state index in [2.05, 4.69) is 5.32 Å². The van der Waals surface area contributed by atoms with Gasteiger partial charge < -0.3 is 10.2 Å². The van der Waals surface area contributed by atoms with Gasteiger partial charge in [0.05, 0.1) is 6.42 Å². The van der Waals surface area contributed by atoms with Gasteiger partial charge in [-0.1, -0.05) is 79.6 Å². The van der Waals surface area contributed by atoms with E-state index in [1.807, 2.05) is 78.2 Å². The van der Waals surface area contributed by atoms with Crippen LogP contribution in [0.15, 0.2) is 78.2 Å². The van der Waals surface area contributed by atoms with Crippen molar-refractivity contribution in [3.8, 4) is 0 Å². The quantitative estimate of drug-likeness (QED) is 0.537. The zero-order valence-electron chi connectivity index (χ0n) is 17.6. The normalized spacial score (nSPS) is 14.8. The average Bonchev–Trinajstić information content (AvgIpc) is 3.49. The number of nitrogens with one attached hydrogen (secondary N) is 1. The maximum absolute atomic E-state index is 13.5. The molecule has 1 aliphatic carbocycles. The number of rotatable bonds is 8. The number of thiophene rings is 1. The highest BCUT2D eigenvalue weighted by Gasteiger charge is 2.33. The highest BCUT2D eigenvalue weighted by Crippen LogP contribution is 2.27. The molecule has 0 spiro atoms. The Morgan fingerprint density at radius 2 is 1.61 bits per heavy atom. The molecule has 2 amide bonds. The van der Waals surface area contributed by atoms with E-state index in [1.54, 1.807) is 16.2 Å². The minimum Gasteiger partial charge on any atom is -0.351 e. The number of benzene rings is 2. The van der Waals surface area contributed by atoms with Crippen LogP contribution in [0, 0.1) is 0 Å². The number of carbonyl (C=O) groups excluding carboxylic acids is 2. The average molecular weight is 433 g/mol. The van der Waals surface area contributed by atoms with Crippen molar-refractivity contribution >= 4 is 23.2 Å². The Balaban J connectivity index is 1.66. The van der Waals surface area contributed by atoms with Crippen LogP contribution in [0.1, 0.15) is 47.7 Å². The molecule has 2 aromatic carbocycles. The summed E-state index contributed by atoms with van der Waals surface area (Å²) in [6.45, 7) is 0.392. The van der Waals surface area contributed by atoms with Crippen molar-refractivity contribution in [3.63, 3.8) is 0 Å². The lowest BCUT2D eigenvalue weighted by atomic mass is 10.0. The van der Waals surface area contributed by atoms with Crippen molar-refractivity contribution in [2.24, 2.45) is 0 Å². The summed E-state index contributed by atoms with van der Waals surface area (Å²) >= 11 is 1.57. The van der Waals surface area contributed by atoms with Gasteiger partial charge in [-0.2, -0.15) is 0 Å². The van der Waals surface area contributed by atoms with Crippen LogP contribution in [0.4, 0.5) is 0 Å². The van der Waals surface area contributed by atoms with Crippen LogP contribution in [0.25, 0.3) is 0 Å². The van der Waals surface area contributed by atoms with E-state index in [9.17, 15) is 9.59 Å². The van der Waals surface area contributed by atoms with Gasteiger partial charge in [0.2, 0.25) is 11.8 Å². The summed E-state index contributed by atoms with van der Waals surface area (Å²) in [5.41, 5.74) is 1.85. The van der Waals surface area contributed by atoms with Crippen LogP contribution in [-0.2, 0) is 22.6 Å². The van der Waals surface area contributed by atoms with Crippen molar-refractivity contribution in [2.45, 2.75) is 50.7 Å². The molecule has 3 aromatic rings. The largest absolute Gasteiger partial charge is 0.351 e. The minimum atomic E-state index is -0.658. The van der Waals surface area contributed by atoms with Crippen molar-refractivity contribution in [2.75, 3.05) is 0 Å². The van der Waals surface area contributed by atoms with Crippen LogP contribution in [-0.4, -0.2) is 22.8 Å². The molecule has 1 N–H and O–H groups in total. The number of carbonyl (C=O) groups is 2. The van der Waals surface area contributed by atoms with Crippen LogP contribution < -0.4 is 5.32 Å². The summed E-state index contributed by atoms with van der Waals surface area (Å²) in [5.74, 6) is -0.129. The van der Waals surface area contributed by atoms with Crippen molar-refractivity contribution < 1.29 is 9.59 Å². The Morgan fingerprint density at radius 3 is 2.26 bits per heavy atom. The van der Waals surface area contributed by atoms with Gasteiger partial charge in [-0.3, -0.25) is 9.59 Å². The van der Waals surface area contributed by atoms with Crippen LogP contribution >= 0.6 is 11.3 Å². The Morgan fingerprint density at radius 1 is 0.935 bits per heavy atom. The van der Waals surface area contributed by atoms with E-state index in [1.165, 1.54) is 0 Å². The first-order chi connectivity index (χ1) is 15.2. The second kappa shape index (κ2) is 10.4. The zero-order chi connectivity index (χ0) is 21.5. The van der Waals surface area contributed by atoms with Crippen molar-refractivity contribution in [1.29, 1.82) is 0 Å². The molecule has 5 heteroatoms. The molecule has 0 aliphatic heterocycles. The molecule has 1 heterocycles. The Bertz CT molecular complexity index is 967. The molecule has 1 atom stereocenters. The van der Waals surface area contributed by atoms with Crippen molar-refractivity contribution in [3.05, 3.63) is 94.2 Å². The fourth-order valence-corrected chi connectivity index (χ4v) is 4.92. The number of hydrogen-bond acceptors (Lipinski definition) is 3. The molecule has 4 rings (SSSR count). The molecular weight excluding hydrogens is 404 g/mol. The molecule has 1 saturated carbocycles. The lowest BCUT2D eigenvalue weighted by molar-refractivity contribution is -0.141. The second-order valence-corrected chi connectivity index (χ2v) is 9.10. The van der Waals surface area contributed by atoms with E-state index in [0.717, 1.165) is 41.7 Å². The molecular formula is C26H28N2O2S. The molecule has 0 radical (unpaired) electrons. The minimum absolute atomic E-state index is 0.0401. The highest BCUT2D eigenvalue weighted by molar-refractivity contribution is 7.10. The van der Waals surface area contributed by atoms with Gasteiger partial charge in [-0.15, -0.1) is 11.3 Å². The van der Waals surface area contributed by atoms with Crippen LogP contribution in [0.3, 0.4) is 0 Å². The summed E-state index contributed by atoms with van der Waals surface area (Å²) in [6.07, 6.45) is 4.60. The molecule has 0 saturated heterocycles. The standard InChI is InChI=1S/C26H28N2O2S/c29-24(18-23-16-9-17-31-23)28(19-20-10-3-1-4-11-20)25(21-12-5-2-6-13-21)26(30)27-22-14-7-8-15-22/h1-6,9-13,16-17,22,25H,7-8,14-15,18-19H2,(H,27,30)/t25-/m1/s1. The Kier molecular flexibility index (Phi) is 7.15. The van der Waals surface area contributed by atoms with Gasteiger partial charge >= 0.3 is 0 Å². The third kappa shape index (κ3) is 5.61. The summed E-state index contributed by atoms with van der Waals surface area (Å²) in [5, 5.41) is 5.21. The second-order valence-electron chi connectivity index (χ2n) is 8.07. The summed E-state index contributed by atoms with van der Waals surface area (Å²) in [4.78, 5) is 29.8. The SMILES string of the molecule is O=C(NC1CCCC1)[C@@H](c1ccccc1)N(Cc1ccccc1)C(=O)Cc1cccs1. The molecule has 0 bridgehead atoms. The first-order valence-corrected chi connectivity index (χ1v) is 11.8. The number of hydrogen-bond donors (Lipinski definition) is 1. The molecule has 0 unspecified atom stereocenters. The smallest absolute Gasteiger partial charge is 0.247 e. The highest BCUT2D eigenvalue weighted by atomic mass is 32.1. The van der Waals surface area contributed by atoms with Crippen LogP contribution in [0.5, 0.6) is 0 Å². The van der Waals surface area contributed by atoms with E-state index >= 15 is 0 Å². The van der Waals surface area contributed by atoms with Gasteiger partial charge in [0.25, 0.3) is 0 Å². The molecule has 31 heavy (non-hydrogen) atoms. The molecule has 1 aromatic heterocycles. The molecule has 1 fully saturated rings. The predicted octanol–water partition coefficient (Wildman–Crippen LogP) is 5.12. The van der Waals surface area contributed by atoms with Crippen LogP contribution in [0.2, 0.25) is 0 Å². The Hall–Kier alpha value is -2.92. The monoisotopic (exact) mass is 432 g/mol. The van der Waals surface area contributed by atoms with Gasteiger partial charge in [0.1, 0.15) is 6.04 Å². The fraction of sp³-hybridized carbons (Fsp3) is 0.308. The van der Waals surface area contributed by atoms with Crippen molar-refractivity contribution in [1.82, 2.24) is 10.2 Å². The van der Waals surface area contributed by atoms with E-state index in [0.29, 0.717) is 13.0 Å². The summed E-state index contributed by atoms with van der Waals surface area (Å²) < 4.78 is 0. The molecule has 1 aliphatic rings. The van der Waals surface area contributed by atoms with Gasteiger partial charge in [0.15, 0.2) is 0 Å². The summed E-state index contributed by atoms with van der Waals surface area (Å²) in [6, 6.07) is 23.0. The topological polar surface area (TPSA) is 49.4 Å². The van der Waals surface area contributed by atoms with E-state index < -0.39 is 6.04 Å². The molecule has 4 nitrogen and oxygen atoms in total. The maximum atomic E-state index is 13.5. The van der Waals surface area contributed by atoms with E-state index in [4.69, 9.17) is 0 Å². The Labute approximate surface area is 187 Å². The zero-order valence-corrected chi connectivity index (χ0v) is 18.4. The molecule has 160 valence electrons. The van der Waals surface area contributed by atoms with Gasteiger partial charge in [0, 0.05) is 17.5 Å². The number of amides is 2. The lowest BCUT2D eigenvalue weighted by Gasteiger charge is -2.32. The first-order valence-electron chi connectivity index (χ1n) is 10.9. The lowest BCUT2D eigenvalue weighted by Crippen LogP contribution is -2.46. The predicted molar refractivity (Wildman–Crippen MR) is 125 cm³/mol. The first kappa shape index (κ1) is 21.3. The third-order valence-corrected chi connectivity index (χ3v) is 6.67. The fourth-order valence-electron chi connectivity index (χ4n) is 4.23. The number of nitrogens with zero attached hydrogens (tertiary/aromatic N) is 1. The van der Waals surface area contributed by atoms with Gasteiger partial charge in [-0.25, -0.2) is 0 Å². The van der Waals surface area contributed by atoms with Gasteiger partial charge in [-0.05, 0) is 35.4 Å². The third-order valence-electron chi connectivity index (χ3n) is 5.80. The summed E-state index contributed by atoms with van der Waals surface area (Å²) in [7, 11) is 0. The van der Waals surface area contributed by atoms with E-state index in [-0.39, 0.29) is 17.9 Å². The maximum Gasteiger partial charge on any atom is 0.247 e.